The summed E-state index contributed by atoms with van der Waals surface area (Å²) < 4.78 is 31.0. The van der Waals surface area contributed by atoms with Gasteiger partial charge in [0.2, 0.25) is 10.0 Å². The number of piperazine rings is 1. The summed E-state index contributed by atoms with van der Waals surface area (Å²) in [5.41, 5.74) is 2.09. The minimum atomic E-state index is -3.35. The van der Waals surface area contributed by atoms with Crippen LogP contribution in [0.15, 0.2) is 18.2 Å². The molecule has 0 saturated carbocycles. The summed E-state index contributed by atoms with van der Waals surface area (Å²) in [7, 11) is -3.35. The molecule has 2 amide bonds. The molecule has 2 unspecified atom stereocenters. The Hall–Kier alpha value is -2.13. The van der Waals surface area contributed by atoms with Gasteiger partial charge in [0.25, 0.3) is 11.8 Å². The quantitative estimate of drug-likeness (QED) is 0.723. The molecule has 0 spiro atoms. The Bertz CT molecular complexity index is 918. The van der Waals surface area contributed by atoms with E-state index in [4.69, 9.17) is 4.74 Å². The first kappa shape index (κ1) is 20.2. The number of anilines is 1. The van der Waals surface area contributed by atoms with Gasteiger partial charge < -0.3 is 14.5 Å². The molecule has 3 aliphatic rings. The summed E-state index contributed by atoms with van der Waals surface area (Å²) in [6.45, 7) is 4.50. The largest absolute Gasteiger partial charge is 0.368 e. The zero-order chi connectivity index (χ0) is 20.8. The Morgan fingerprint density at radius 3 is 2.41 bits per heavy atom. The van der Waals surface area contributed by atoms with Crippen molar-refractivity contribution in [2.45, 2.75) is 38.3 Å². The third kappa shape index (κ3) is 3.85. The molecular weight excluding hydrogens is 394 g/mol. The van der Waals surface area contributed by atoms with Crippen LogP contribution in [-0.2, 0) is 26.0 Å². The van der Waals surface area contributed by atoms with Crippen molar-refractivity contribution in [3.8, 4) is 0 Å². The maximum absolute atomic E-state index is 13.0. The molecule has 2 fully saturated rings. The standard InChI is InChI=1S/C20H27N3O5S/c1-14-12-16-13-15(5-6-17(16)23(14)29(2,26)27)19(24)21-7-9-22(10-8-21)20(25)18-4-3-11-28-18/h5-6,13-14,18H,3-4,7-12H2,1-2H3. The summed E-state index contributed by atoms with van der Waals surface area (Å²) in [6.07, 6.45) is 3.16. The van der Waals surface area contributed by atoms with Gasteiger partial charge in [0, 0.05) is 44.4 Å². The van der Waals surface area contributed by atoms with Crippen LogP contribution in [-0.4, -0.2) is 81.2 Å². The van der Waals surface area contributed by atoms with Gasteiger partial charge in [-0.25, -0.2) is 8.42 Å². The van der Waals surface area contributed by atoms with Crippen molar-refractivity contribution in [3.63, 3.8) is 0 Å². The van der Waals surface area contributed by atoms with Crippen molar-refractivity contribution >= 4 is 27.5 Å². The van der Waals surface area contributed by atoms with E-state index in [1.165, 1.54) is 10.6 Å². The number of benzene rings is 1. The topological polar surface area (TPSA) is 87.2 Å². The number of amides is 2. The number of rotatable bonds is 3. The zero-order valence-electron chi connectivity index (χ0n) is 16.8. The van der Waals surface area contributed by atoms with E-state index in [9.17, 15) is 18.0 Å². The second kappa shape index (κ2) is 7.60. The van der Waals surface area contributed by atoms with E-state index in [0.29, 0.717) is 50.5 Å². The van der Waals surface area contributed by atoms with Crippen LogP contribution in [0.1, 0.15) is 35.7 Å². The lowest BCUT2D eigenvalue weighted by Gasteiger charge is -2.35. The molecular formula is C20H27N3O5S. The highest BCUT2D eigenvalue weighted by molar-refractivity contribution is 7.92. The minimum absolute atomic E-state index is 0.0296. The smallest absolute Gasteiger partial charge is 0.253 e. The Morgan fingerprint density at radius 1 is 1.10 bits per heavy atom. The molecule has 0 N–H and O–H groups in total. The minimum Gasteiger partial charge on any atom is -0.368 e. The SMILES string of the molecule is CC1Cc2cc(C(=O)N3CCN(C(=O)C4CCCO4)CC3)ccc2N1S(C)(=O)=O. The van der Waals surface area contributed by atoms with Crippen molar-refractivity contribution in [1.29, 1.82) is 0 Å². The fourth-order valence-corrected chi connectivity index (χ4v) is 5.79. The van der Waals surface area contributed by atoms with Crippen LogP contribution in [0.5, 0.6) is 0 Å². The number of carbonyl (C=O) groups excluding carboxylic acids is 2. The Kier molecular flexibility index (Phi) is 5.29. The highest BCUT2D eigenvalue weighted by Crippen LogP contribution is 2.35. The van der Waals surface area contributed by atoms with Crippen molar-refractivity contribution in [2.24, 2.45) is 0 Å². The van der Waals surface area contributed by atoms with Crippen molar-refractivity contribution in [3.05, 3.63) is 29.3 Å². The molecule has 3 heterocycles. The summed E-state index contributed by atoms with van der Waals surface area (Å²) in [5, 5.41) is 0. The molecule has 2 saturated heterocycles. The molecule has 3 aliphatic heterocycles. The number of carbonyl (C=O) groups is 2. The summed E-state index contributed by atoms with van der Waals surface area (Å²) in [4.78, 5) is 29.0. The molecule has 1 aromatic rings. The number of sulfonamides is 1. The molecule has 0 bridgehead atoms. The van der Waals surface area contributed by atoms with E-state index in [0.717, 1.165) is 18.4 Å². The van der Waals surface area contributed by atoms with Crippen LogP contribution in [0.25, 0.3) is 0 Å². The van der Waals surface area contributed by atoms with Gasteiger partial charge >= 0.3 is 0 Å². The van der Waals surface area contributed by atoms with E-state index in [1.54, 1.807) is 21.9 Å². The lowest BCUT2D eigenvalue weighted by molar-refractivity contribution is -0.142. The predicted molar refractivity (Wildman–Crippen MR) is 108 cm³/mol. The average Bonchev–Trinajstić information content (AvgIpc) is 3.33. The highest BCUT2D eigenvalue weighted by Gasteiger charge is 2.34. The van der Waals surface area contributed by atoms with Crippen LogP contribution < -0.4 is 4.31 Å². The molecule has 0 aromatic heterocycles. The van der Waals surface area contributed by atoms with E-state index in [1.807, 2.05) is 13.0 Å². The van der Waals surface area contributed by atoms with Gasteiger partial charge in [-0.05, 0) is 49.9 Å². The lowest BCUT2D eigenvalue weighted by Crippen LogP contribution is -2.52. The fourth-order valence-electron chi connectivity index (χ4n) is 4.53. The maximum atomic E-state index is 13.0. The lowest BCUT2D eigenvalue weighted by atomic mass is 10.1. The second-order valence-electron chi connectivity index (χ2n) is 8.07. The van der Waals surface area contributed by atoms with Crippen LogP contribution >= 0.6 is 0 Å². The molecule has 0 aliphatic carbocycles. The van der Waals surface area contributed by atoms with Crippen LogP contribution in [0, 0.1) is 0 Å². The predicted octanol–water partition coefficient (Wildman–Crippen LogP) is 0.861. The van der Waals surface area contributed by atoms with Gasteiger partial charge in [0.15, 0.2) is 0 Å². The fraction of sp³-hybridized carbons (Fsp3) is 0.600. The summed E-state index contributed by atoms with van der Waals surface area (Å²) in [6, 6.07) is 5.08. The Balaban J connectivity index is 1.42. The highest BCUT2D eigenvalue weighted by atomic mass is 32.2. The summed E-state index contributed by atoms with van der Waals surface area (Å²) in [5.74, 6) is -0.0514. The Labute approximate surface area is 171 Å². The van der Waals surface area contributed by atoms with E-state index >= 15 is 0 Å². The molecule has 8 nitrogen and oxygen atoms in total. The zero-order valence-corrected chi connectivity index (χ0v) is 17.7. The van der Waals surface area contributed by atoms with E-state index in [2.05, 4.69) is 0 Å². The van der Waals surface area contributed by atoms with Crippen LogP contribution in [0.2, 0.25) is 0 Å². The van der Waals surface area contributed by atoms with Gasteiger partial charge in [-0.15, -0.1) is 0 Å². The second-order valence-corrected chi connectivity index (χ2v) is 9.93. The number of hydrogen-bond acceptors (Lipinski definition) is 5. The van der Waals surface area contributed by atoms with E-state index < -0.39 is 10.0 Å². The number of hydrogen-bond donors (Lipinski definition) is 0. The Morgan fingerprint density at radius 2 is 1.79 bits per heavy atom. The van der Waals surface area contributed by atoms with Gasteiger partial charge in [-0.2, -0.15) is 0 Å². The number of fused-ring (bicyclic) bond motifs is 1. The van der Waals surface area contributed by atoms with Gasteiger partial charge in [0.1, 0.15) is 6.10 Å². The first-order valence-corrected chi connectivity index (χ1v) is 11.9. The summed E-state index contributed by atoms with van der Waals surface area (Å²) >= 11 is 0. The molecule has 29 heavy (non-hydrogen) atoms. The molecule has 4 rings (SSSR count). The maximum Gasteiger partial charge on any atom is 0.253 e. The monoisotopic (exact) mass is 421 g/mol. The van der Waals surface area contributed by atoms with Crippen molar-refractivity contribution < 1.29 is 22.7 Å². The molecule has 2 atom stereocenters. The van der Waals surface area contributed by atoms with Gasteiger partial charge in [0.05, 0.1) is 11.9 Å². The van der Waals surface area contributed by atoms with Crippen molar-refractivity contribution in [1.82, 2.24) is 9.80 Å². The third-order valence-electron chi connectivity index (χ3n) is 5.92. The molecule has 0 radical (unpaired) electrons. The molecule has 1 aromatic carbocycles. The molecule has 158 valence electrons. The van der Waals surface area contributed by atoms with Crippen LogP contribution in [0.3, 0.4) is 0 Å². The first-order valence-electron chi connectivity index (χ1n) is 10.1. The molecule has 9 heteroatoms. The normalized spacial score (nSPS) is 24.7. The van der Waals surface area contributed by atoms with Gasteiger partial charge in [-0.1, -0.05) is 0 Å². The average molecular weight is 422 g/mol. The van der Waals surface area contributed by atoms with E-state index in [-0.39, 0.29) is 24.0 Å². The number of nitrogens with zero attached hydrogens (tertiary/aromatic N) is 3. The van der Waals surface area contributed by atoms with Crippen LogP contribution in [0.4, 0.5) is 5.69 Å². The van der Waals surface area contributed by atoms with Crippen molar-refractivity contribution in [2.75, 3.05) is 43.3 Å². The number of ether oxygens (including phenoxy) is 1. The first-order chi connectivity index (χ1) is 13.8. The van der Waals surface area contributed by atoms with Gasteiger partial charge in [-0.3, -0.25) is 13.9 Å². The third-order valence-corrected chi connectivity index (χ3v) is 7.19.